The molecule has 2 amide bonds. The Morgan fingerprint density at radius 3 is 2.54 bits per heavy atom. The summed E-state index contributed by atoms with van der Waals surface area (Å²) < 4.78 is 5.36. The van der Waals surface area contributed by atoms with Gasteiger partial charge in [-0.3, -0.25) is 9.59 Å². The number of amides is 2. The molecule has 0 spiro atoms. The van der Waals surface area contributed by atoms with Gasteiger partial charge in [0.25, 0.3) is 5.91 Å². The Morgan fingerprint density at radius 2 is 1.76 bits per heavy atom. The van der Waals surface area contributed by atoms with E-state index in [-0.39, 0.29) is 18.4 Å². The molecule has 6 heteroatoms. The van der Waals surface area contributed by atoms with Gasteiger partial charge in [-0.05, 0) is 49.2 Å². The van der Waals surface area contributed by atoms with Crippen LogP contribution in [-0.4, -0.2) is 27.7 Å². The van der Waals surface area contributed by atoms with Crippen molar-refractivity contribution in [2.24, 2.45) is 0 Å². The molecule has 6 nitrogen and oxygen atoms in total. The molecule has 184 valence electrons. The molecule has 2 N–H and O–H groups in total. The fraction of sp³-hybridized carbons (Fsp3) is 0.161. The van der Waals surface area contributed by atoms with Gasteiger partial charge in [-0.2, -0.15) is 0 Å². The maximum Gasteiger partial charge on any atom is 0.255 e. The number of benzene rings is 3. The van der Waals surface area contributed by atoms with Gasteiger partial charge in [0.2, 0.25) is 5.91 Å². The van der Waals surface area contributed by atoms with Gasteiger partial charge in [-0.25, -0.2) is 0 Å². The van der Waals surface area contributed by atoms with Crippen LogP contribution in [0.2, 0.25) is 0 Å². The highest BCUT2D eigenvalue weighted by atomic mass is 16.3. The number of nitrogens with one attached hydrogen (secondary N) is 2. The zero-order chi connectivity index (χ0) is 25.5. The molecule has 0 saturated heterocycles. The smallest absolute Gasteiger partial charge is 0.255 e. The molecular formula is C31H27N3O3. The average Bonchev–Trinajstić information content (AvgIpc) is 3.64. The predicted octanol–water partition coefficient (Wildman–Crippen LogP) is 5.99. The number of fused-ring (bicyclic) bond motifs is 2. The fourth-order valence-electron chi connectivity index (χ4n) is 5.29. The summed E-state index contributed by atoms with van der Waals surface area (Å²) in [7, 11) is 0. The van der Waals surface area contributed by atoms with E-state index in [1.165, 1.54) is 5.56 Å². The maximum absolute atomic E-state index is 13.8. The van der Waals surface area contributed by atoms with Crippen molar-refractivity contribution in [3.8, 4) is 11.3 Å². The standard InChI is InChI=1S/C31H27N3O3/c1-19-13-15-21(16-14-19)28-27(25-11-5-6-12-26(25)33-28)29-23-9-3-4-10-24(23)31(36)34(29)20(2)30(35)32-18-22-8-7-17-37-22/h3-17,20,29,33H,18H2,1-2H3,(H,32,35)/t20-,29+/m0/s1. The second kappa shape index (κ2) is 9.13. The highest BCUT2D eigenvalue weighted by molar-refractivity contribution is 6.04. The van der Waals surface area contributed by atoms with E-state index in [2.05, 4.69) is 47.6 Å². The van der Waals surface area contributed by atoms with E-state index in [4.69, 9.17) is 4.42 Å². The lowest BCUT2D eigenvalue weighted by atomic mass is 9.92. The summed E-state index contributed by atoms with van der Waals surface area (Å²) >= 11 is 0. The van der Waals surface area contributed by atoms with Crippen molar-refractivity contribution in [1.29, 1.82) is 0 Å². The van der Waals surface area contributed by atoms with Crippen LogP contribution in [-0.2, 0) is 11.3 Å². The van der Waals surface area contributed by atoms with Crippen LogP contribution >= 0.6 is 0 Å². The van der Waals surface area contributed by atoms with Gasteiger partial charge in [0.1, 0.15) is 11.8 Å². The first-order chi connectivity index (χ1) is 18.0. The first-order valence-electron chi connectivity index (χ1n) is 12.4. The van der Waals surface area contributed by atoms with Gasteiger partial charge >= 0.3 is 0 Å². The minimum Gasteiger partial charge on any atom is -0.467 e. The molecule has 0 fully saturated rings. The second-order valence-corrected chi connectivity index (χ2v) is 9.50. The Balaban J connectivity index is 1.49. The van der Waals surface area contributed by atoms with Crippen molar-refractivity contribution in [1.82, 2.24) is 15.2 Å². The number of para-hydroxylation sites is 1. The van der Waals surface area contributed by atoms with Gasteiger partial charge in [-0.1, -0.05) is 66.2 Å². The van der Waals surface area contributed by atoms with Crippen LogP contribution in [0.4, 0.5) is 0 Å². The monoisotopic (exact) mass is 489 g/mol. The maximum atomic E-state index is 13.8. The first-order valence-corrected chi connectivity index (χ1v) is 12.4. The van der Waals surface area contributed by atoms with Crippen LogP contribution in [0.3, 0.4) is 0 Å². The van der Waals surface area contributed by atoms with Crippen LogP contribution < -0.4 is 5.32 Å². The van der Waals surface area contributed by atoms with E-state index >= 15 is 0 Å². The van der Waals surface area contributed by atoms with Crippen molar-refractivity contribution in [3.63, 3.8) is 0 Å². The number of hydrogen-bond acceptors (Lipinski definition) is 3. The number of rotatable bonds is 6. The summed E-state index contributed by atoms with van der Waals surface area (Å²) in [6.07, 6.45) is 1.57. The Hall–Kier alpha value is -4.58. The van der Waals surface area contributed by atoms with E-state index in [1.807, 2.05) is 48.5 Å². The normalized spacial score (nSPS) is 15.7. The summed E-state index contributed by atoms with van der Waals surface area (Å²) in [6, 6.07) is 26.6. The molecule has 1 aliphatic rings. The van der Waals surface area contributed by atoms with Gasteiger partial charge in [0.15, 0.2) is 0 Å². The third-order valence-electron chi connectivity index (χ3n) is 7.17. The zero-order valence-corrected chi connectivity index (χ0v) is 20.7. The molecular weight excluding hydrogens is 462 g/mol. The van der Waals surface area contributed by atoms with Crippen LogP contribution in [0.1, 0.15) is 45.8 Å². The summed E-state index contributed by atoms with van der Waals surface area (Å²) in [4.78, 5) is 32.5. The fourth-order valence-corrected chi connectivity index (χ4v) is 5.29. The minimum absolute atomic E-state index is 0.151. The van der Waals surface area contributed by atoms with Gasteiger partial charge < -0.3 is 19.6 Å². The molecule has 5 aromatic rings. The number of aromatic nitrogens is 1. The van der Waals surface area contributed by atoms with Crippen LogP contribution in [0.5, 0.6) is 0 Å². The number of furan rings is 1. The largest absolute Gasteiger partial charge is 0.467 e. The molecule has 0 unspecified atom stereocenters. The summed E-state index contributed by atoms with van der Waals surface area (Å²) in [6.45, 7) is 4.11. The number of carbonyl (C=O) groups is 2. The quantitative estimate of drug-likeness (QED) is 0.308. The molecule has 3 heterocycles. The van der Waals surface area contributed by atoms with E-state index in [0.29, 0.717) is 11.3 Å². The molecule has 2 atom stereocenters. The molecule has 37 heavy (non-hydrogen) atoms. The number of nitrogens with zero attached hydrogens (tertiary/aromatic N) is 1. The topological polar surface area (TPSA) is 78.3 Å². The first kappa shape index (κ1) is 22.9. The molecule has 0 bridgehead atoms. The minimum atomic E-state index is -0.709. The number of carbonyl (C=O) groups excluding carboxylic acids is 2. The Kier molecular flexibility index (Phi) is 5.64. The van der Waals surface area contributed by atoms with Crippen molar-refractivity contribution in [2.45, 2.75) is 32.5 Å². The van der Waals surface area contributed by atoms with E-state index in [1.54, 1.807) is 24.2 Å². The second-order valence-electron chi connectivity index (χ2n) is 9.50. The Morgan fingerprint density at radius 1 is 1.00 bits per heavy atom. The predicted molar refractivity (Wildman–Crippen MR) is 143 cm³/mol. The van der Waals surface area contributed by atoms with Crippen molar-refractivity contribution in [3.05, 3.63) is 119 Å². The zero-order valence-electron chi connectivity index (χ0n) is 20.7. The molecule has 0 aliphatic carbocycles. The van der Waals surface area contributed by atoms with Gasteiger partial charge in [0, 0.05) is 22.0 Å². The summed E-state index contributed by atoms with van der Waals surface area (Å²) in [5, 5.41) is 3.96. The number of aryl methyl sites for hydroxylation is 1. The third kappa shape index (κ3) is 3.91. The van der Waals surface area contributed by atoms with E-state index < -0.39 is 12.1 Å². The highest BCUT2D eigenvalue weighted by Gasteiger charge is 2.44. The number of aromatic amines is 1. The Bertz CT molecular complexity index is 1600. The molecule has 2 aromatic heterocycles. The van der Waals surface area contributed by atoms with Crippen LogP contribution in [0.25, 0.3) is 22.2 Å². The lowest BCUT2D eigenvalue weighted by Crippen LogP contribution is -2.46. The molecule has 0 radical (unpaired) electrons. The molecule has 1 aliphatic heterocycles. The summed E-state index contributed by atoms with van der Waals surface area (Å²) in [5.41, 5.74) is 6.65. The summed E-state index contributed by atoms with van der Waals surface area (Å²) in [5.74, 6) is 0.270. The SMILES string of the molecule is Cc1ccc(-c2[nH]c3ccccc3c2[C@H]2c3ccccc3C(=O)N2[C@@H](C)C(=O)NCc2ccco2)cc1. The molecule has 3 aromatic carbocycles. The molecule has 6 rings (SSSR count). The number of hydrogen-bond donors (Lipinski definition) is 2. The lowest BCUT2D eigenvalue weighted by Gasteiger charge is -2.31. The van der Waals surface area contributed by atoms with Crippen molar-refractivity contribution < 1.29 is 14.0 Å². The van der Waals surface area contributed by atoms with Crippen molar-refractivity contribution >= 4 is 22.7 Å². The van der Waals surface area contributed by atoms with E-state index in [0.717, 1.165) is 33.3 Å². The van der Waals surface area contributed by atoms with Crippen molar-refractivity contribution in [2.75, 3.05) is 0 Å². The van der Waals surface area contributed by atoms with E-state index in [9.17, 15) is 9.59 Å². The van der Waals surface area contributed by atoms with Crippen LogP contribution in [0.15, 0.2) is 95.6 Å². The Labute approximate surface area is 214 Å². The third-order valence-corrected chi connectivity index (χ3v) is 7.17. The molecule has 0 saturated carbocycles. The average molecular weight is 490 g/mol. The highest BCUT2D eigenvalue weighted by Crippen LogP contribution is 2.46. The lowest BCUT2D eigenvalue weighted by molar-refractivity contribution is -0.125. The number of H-pyrrole nitrogens is 1. The van der Waals surface area contributed by atoms with Crippen LogP contribution in [0, 0.1) is 6.92 Å². The van der Waals surface area contributed by atoms with Gasteiger partial charge in [0.05, 0.1) is 24.5 Å². The van der Waals surface area contributed by atoms with Gasteiger partial charge in [-0.15, -0.1) is 0 Å².